The van der Waals surface area contributed by atoms with E-state index in [2.05, 4.69) is 15.0 Å². The quantitative estimate of drug-likeness (QED) is 0.594. The summed E-state index contributed by atoms with van der Waals surface area (Å²) in [5, 5.41) is 4.51. The SMILES string of the molecule is COc1cc(C(=O)N2CCN(c3nc(C)nc4c(C)nn(C)c34)CC2)cc(OC)c1OC. The number of rotatable bonds is 5. The minimum atomic E-state index is -0.0794. The molecule has 2 aromatic heterocycles. The van der Waals surface area contributed by atoms with Gasteiger partial charge in [0.15, 0.2) is 17.3 Å². The molecule has 0 bridgehead atoms. The van der Waals surface area contributed by atoms with Crippen molar-refractivity contribution in [2.75, 3.05) is 52.4 Å². The van der Waals surface area contributed by atoms with E-state index in [0.717, 1.165) is 22.5 Å². The summed E-state index contributed by atoms with van der Waals surface area (Å²) in [6.45, 7) is 6.29. The number of benzene rings is 1. The standard InChI is InChI=1S/C22H28N6O4/c1-13-18-19(26(3)25-13)21(24-14(2)23-18)27-7-9-28(10-8-27)22(29)15-11-16(30-4)20(32-6)17(12-15)31-5/h11-12H,7-10H2,1-6H3. The van der Waals surface area contributed by atoms with E-state index in [1.54, 1.807) is 12.1 Å². The smallest absolute Gasteiger partial charge is 0.254 e. The van der Waals surface area contributed by atoms with Crippen LogP contribution in [0.4, 0.5) is 5.82 Å². The van der Waals surface area contributed by atoms with Crippen molar-refractivity contribution in [3.05, 3.63) is 29.2 Å². The van der Waals surface area contributed by atoms with Crippen LogP contribution >= 0.6 is 0 Å². The maximum atomic E-state index is 13.2. The molecule has 0 N–H and O–H groups in total. The number of nitrogens with zero attached hydrogens (tertiary/aromatic N) is 6. The van der Waals surface area contributed by atoms with E-state index in [4.69, 9.17) is 19.2 Å². The lowest BCUT2D eigenvalue weighted by Gasteiger charge is -2.35. The van der Waals surface area contributed by atoms with Gasteiger partial charge in [0, 0.05) is 38.8 Å². The lowest BCUT2D eigenvalue weighted by atomic mass is 10.1. The Labute approximate surface area is 186 Å². The molecule has 0 saturated carbocycles. The van der Waals surface area contributed by atoms with Crippen LogP contribution < -0.4 is 19.1 Å². The average molecular weight is 441 g/mol. The average Bonchev–Trinajstić information content (AvgIpc) is 3.10. The maximum absolute atomic E-state index is 13.2. The molecule has 1 aliphatic heterocycles. The molecule has 0 radical (unpaired) electrons. The van der Waals surface area contributed by atoms with Gasteiger partial charge in [-0.25, -0.2) is 9.97 Å². The van der Waals surface area contributed by atoms with Crippen molar-refractivity contribution < 1.29 is 19.0 Å². The summed E-state index contributed by atoms with van der Waals surface area (Å²) in [4.78, 5) is 26.5. The zero-order chi connectivity index (χ0) is 23.0. The fraction of sp³-hybridized carbons (Fsp3) is 0.455. The van der Waals surface area contributed by atoms with Crippen molar-refractivity contribution in [2.24, 2.45) is 7.05 Å². The molecule has 1 amide bonds. The molecule has 32 heavy (non-hydrogen) atoms. The fourth-order valence-corrected chi connectivity index (χ4v) is 4.15. The highest BCUT2D eigenvalue weighted by Gasteiger charge is 2.27. The fourth-order valence-electron chi connectivity index (χ4n) is 4.15. The Kier molecular flexibility index (Phi) is 5.77. The number of carbonyl (C=O) groups excluding carboxylic acids is 1. The molecule has 3 heterocycles. The number of methoxy groups -OCH3 is 3. The Morgan fingerprint density at radius 3 is 2.12 bits per heavy atom. The molecular formula is C22H28N6O4. The molecule has 170 valence electrons. The van der Waals surface area contributed by atoms with Crippen LogP contribution in [0.2, 0.25) is 0 Å². The molecule has 0 spiro atoms. The molecule has 3 aromatic rings. The number of hydrogen-bond donors (Lipinski definition) is 0. The van der Waals surface area contributed by atoms with Crippen molar-refractivity contribution in [1.29, 1.82) is 0 Å². The van der Waals surface area contributed by atoms with Crippen molar-refractivity contribution in [3.63, 3.8) is 0 Å². The summed E-state index contributed by atoms with van der Waals surface area (Å²) < 4.78 is 18.0. The van der Waals surface area contributed by atoms with E-state index in [0.29, 0.717) is 54.8 Å². The third-order valence-electron chi connectivity index (χ3n) is 5.72. The topological polar surface area (TPSA) is 94.8 Å². The second kappa shape index (κ2) is 8.52. The van der Waals surface area contributed by atoms with Crippen LogP contribution in [0.1, 0.15) is 21.9 Å². The summed E-state index contributed by atoms with van der Waals surface area (Å²) in [5.41, 5.74) is 3.16. The number of aryl methyl sites for hydroxylation is 3. The zero-order valence-corrected chi connectivity index (χ0v) is 19.3. The molecule has 4 rings (SSSR count). The maximum Gasteiger partial charge on any atom is 0.254 e. The predicted octanol–water partition coefficient (Wildman–Crippen LogP) is 1.97. The van der Waals surface area contributed by atoms with Crippen molar-refractivity contribution >= 4 is 22.8 Å². The van der Waals surface area contributed by atoms with E-state index in [1.165, 1.54) is 21.3 Å². The van der Waals surface area contributed by atoms with Gasteiger partial charge in [0.1, 0.15) is 16.9 Å². The Morgan fingerprint density at radius 2 is 1.56 bits per heavy atom. The van der Waals surface area contributed by atoms with Crippen LogP contribution in [0.15, 0.2) is 12.1 Å². The van der Waals surface area contributed by atoms with Gasteiger partial charge in [0.05, 0.1) is 27.0 Å². The van der Waals surface area contributed by atoms with Gasteiger partial charge in [-0.1, -0.05) is 0 Å². The molecule has 0 unspecified atom stereocenters. The number of hydrogen-bond acceptors (Lipinski definition) is 8. The number of ether oxygens (including phenoxy) is 3. The third-order valence-corrected chi connectivity index (χ3v) is 5.72. The summed E-state index contributed by atoms with van der Waals surface area (Å²) in [6.07, 6.45) is 0. The number of carbonyl (C=O) groups is 1. The Bertz CT molecular complexity index is 1140. The van der Waals surface area contributed by atoms with Crippen molar-refractivity contribution in [3.8, 4) is 17.2 Å². The number of anilines is 1. The van der Waals surface area contributed by atoms with Crippen molar-refractivity contribution in [1.82, 2.24) is 24.6 Å². The summed E-state index contributed by atoms with van der Waals surface area (Å²) in [7, 11) is 6.52. The molecule has 1 fully saturated rings. The van der Waals surface area contributed by atoms with Gasteiger partial charge in [-0.2, -0.15) is 5.10 Å². The highest BCUT2D eigenvalue weighted by molar-refractivity contribution is 5.96. The largest absolute Gasteiger partial charge is 0.493 e. The zero-order valence-electron chi connectivity index (χ0n) is 19.3. The second-order valence-electron chi connectivity index (χ2n) is 7.69. The molecule has 1 aliphatic rings. The minimum absolute atomic E-state index is 0.0794. The molecule has 1 saturated heterocycles. The highest BCUT2D eigenvalue weighted by atomic mass is 16.5. The van der Waals surface area contributed by atoms with Gasteiger partial charge in [-0.05, 0) is 26.0 Å². The normalized spacial score (nSPS) is 14.1. The van der Waals surface area contributed by atoms with Crippen LogP contribution in [0, 0.1) is 13.8 Å². The Morgan fingerprint density at radius 1 is 0.938 bits per heavy atom. The van der Waals surface area contributed by atoms with Gasteiger partial charge in [-0.3, -0.25) is 9.48 Å². The first-order valence-electron chi connectivity index (χ1n) is 10.4. The van der Waals surface area contributed by atoms with Crippen LogP contribution in [0.25, 0.3) is 11.0 Å². The number of piperazine rings is 1. The first kappa shape index (κ1) is 21.7. The third kappa shape index (κ3) is 3.65. The molecule has 0 aliphatic carbocycles. The lowest BCUT2D eigenvalue weighted by molar-refractivity contribution is 0.0745. The molecule has 0 atom stereocenters. The summed E-state index contributed by atoms with van der Waals surface area (Å²) in [5.74, 6) is 2.86. The van der Waals surface area contributed by atoms with E-state index < -0.39 is 0 Å². The summed E-state index contributed by atoms with van der Waals surface area (Å²) in [6, 6.07) is 3.37. The van der Waals surface area contributed by atoms with Crippen LogP contribution in [-0.2, 0) is 7.05 Å². The number of aromatic nitrogens is 4. The van der Waals surface area contributed by atoms with E-state index in [1.807, 2.05) is 30.5 Å². The van der Waals surface area contributed by atoms with E-state index in [-0.39, 0.29) is 5.91 Å². The van der Waals surface area contributed by atoms with Gasteiger partial charge < -0.3 is 24.0 Å². The molecule has 1 aromatic carbocycles. The molecule has 10 nitrogen and oxygen atoms in total. The first-order valence-corrected chi connectivity index (χ1v) is 10.4. The van der Waals surface area contributed by atoms with E-state index >= 15 is 0 Å². The lowest BCUT2D eigenvalue weighted by Crippen LogP contribution is -2.49. The summed E-state index contributed by atoms with van der Waals surface area (Å²) >= 11 is 0. The second-order valence-corrected chi connectivity index (χ2v) is 7.69. The van der Waals surface area contributed by atoms with Crippen molar-refractivity contribution in [2.45, 2.75) is 13.8 Å². The van der Waals surface area contributed by atoms with Gasteiger partial charge in [0.25, 0.3) is 5.91 Å². The number of fused-ring (bicyclic) bond motifs is 1. The predicted molar refractivity (Wildman–Crippen MR) is 120 cm³/mol. The van der Waals surface area contributed by atoms with Crippen LogP contribution in [0.5, 0.6) is 17.2 Å². The van der Waals surface area contributed by atoms with Gasteiger partial charge >= 0.3 is 0 Å². The minimum Gasteiger partial charge on any atom is -0.493 e. The van der Waals surface area contributed by atoms with Gasteiger partial charge in [-0.15, -0.1) is 0 Å². The first-order chi connectivity index (χ1) is 15.4. The monoisotopic (exact) mass is 440 g/mol. The number of amides is 1. The highest BCUT2D eigenvalue weighted by Crippen LogP contribution is 2.38. The van der Waals surface area contributed by atoms with Crippen LogP contribution in [-0.4, -0.2) is 78.1 Å². The van der Waals surface area contributed by atoms with E-state index in [9.17, 15) is 4.79 Å². The Balaban J connectivity index is 1.56. The van der Waals surface area contributed by atoms with Gasteiger partial charge in [0.2, 0.25) is 5.75 Å². The molecular weight excluding hydrogens is 412 g/mol. The van der Waals surface area contributed by atoms with Crippen LogP contribution in [0.3, 0.4) is 0 Å². The Hall–Kier alpha value is -3.56. The molecule has 10 heteroatoms.